The number of esters is 1. The Morgan fingerprint density at radius 2 is 1.60 bits per heavy atom. The Kier molecular flexibility index (Phi) is 15.0. The predicted octanol–water partition coefficient (Wildman–Crippen LogP) is 8.04. The normalized spacial score (nSPS) is 17.8. The summed E-state index contributed by atoms with van der Waals surface area (Å²) in [4.78, 5) is 60.8. The summed E-state index contributed by atoms with van der Waals surface area (Å²) in [6, 6.07) is 9.28. The zero-order valence-corrected chi connectivity index (χ0v) is 32.4. The number of nitrogens with zero attached hydrogens (tertiary/aromatic N) is 3. The van der Waals surface area contributed by atoms with Crippen LogP contribution in [0.3, 0.4) is 0 Å². The molecule has 1 aromatic carbocycles. The first-order chi connectivity index (χ1) is 25.1. The van der Waals surface area contributed by atoms with Crippen LogP contribution >= 0.6 is 0 Å². The van der Waals surface area contributed by atoms with Crippen molar-refractivity contribution < 1.29 is 37.8 Å². The Morgan fingerprint density at radius 3 is 2.30 bits per heavy atom. The lowest BCUT2D eigenvalue weighted by molar-refractivity contribution is -0.155. The van der Waals surface area contributed by atoms with Crippen molar-refractivity contribution >= 4 is 35.9 Å². The van der Waals surface area contributed by atoms with Crippen LogP contribution in [-0.4, -0.2) is 89.2 Å². The molecule has 0 aliphatic carbocycles. The Morgan fingerprint density at radius 1 is 0.887 bits per heavy atom. The van der Waals surface area contributed by atoms with Crippen molar-refractivity contribution in [1.82, 2.24) is 14.8 Å². The van der Waals surface area contributed by atoms with E-state index in [4.69, 9.17) is 14.2 Å². The van der Waals surface area contributed by atoms with Gasteiger partial charge in [0.05, 0.1) is 6.42 Å². The number of alkyl halides is 1. The summed E-state index contributed by atoms with van der Waals surface area (Å²) < 4.78 is 29.1. The van der Waals surface area contributed by atoms with E-state index in [-0.39, 0.29) is 43.2 Å². The zero-order chi connectivity index (χ0) is 38.6. The van der Waals surface area contributed by atoms with Gasteiger partial charge < -0.3 is 24.0 Å². The molecular weight excluding hydrogens is 677 g/mol. The van der Waals surface area contributed by atoms with Crippen LogP contribution in [0.5, 0.6) is 5.75 Å². The number of ether oxygens (including phenoxy) is 3. The van der Waals surface area contributed by atoms with Crippen molar-refractivity contribution in [3.05, 3.63) is 59.4 Å². The maximum Gasteiger partial charge on any atom is 0.410 e. The van der Waals surface area contributed by atoms with Gasteiger partial charge in [-0.25, -0.2) is 9.18 Å². The monoisotopic (exact) mass is 735 g/mol. The number of pyridine rings is 1. The molecule has 0 N–H and O–H groups in total. The average molecular weight is 736 g/mol. The van der Waals surface area contributed by atoms with Crippen molar-refractivity contribution in [2.75, 3.05) is 39.5 Å². The number of piperidine rings is 2. The molecule has 2 saturated heterocycles. The fourth-order valence-electron chi connectivity index (χ4n) is 6.83. The van der Waals surface area contributed by atoms with Gasteiger partial charge in [0.25, 0.3) is 0 Å². The largest absolute Gasteiger partial charge is 0.491 e. The fourth-order valence-corrected chi connectivity index (χ4v) is 6.83. The van der Waals surface area contributed by atoms with Crippen LogP contribution in [0.2, 0.25) is 0 Å². The number of carbonyl (C=O) groups excluding carboxylic acids is 4. The highest BCUT2D eigenvalue weighted by molar-refractivity contribution is 5.84. The van der Waals surface area contributed by atoms with Crippen molar-refractivity contribution in [3.63, 3.8) is 0 Å². The molecule has 0 radical (unpaired) electrons. The summed E-state index contributed by atoms with van der Waals surface area (Å²) >= 11 is 0. The summed E-state index contributed by atoms with van der Waals surface area (Å²) in [6.07, 6.45) is 11.3. The quantitative estimate of drug-likeness (QED) is 0.179. The molecule has 11 heteroatoms. The average Bonchev–Trinajstić information content (AvgIpc) is 3.11. The minimum atomic E-state index is -0.670. The highest BCUT2D eigenvalue weighted by Gasteiger charge is 2.32. The number of halogens is 1. The van der Waals surface area contributed by atoms with Gasteiger partial charge in [-0.1, -0.05) is 24.3 Å². The van der Waals surface area contributed by atoms with Crippen molar-refractivity contribution in [2.24, 2.45) is 11.8 Å². The van der Waals surface area contributed by atoms with Gasteiger partial charge >= 0.3 is 12.1 Å². The molecule has 1 aromatic heterocycles. The maximum atomic E-state index is 13.9. The van der Waals surface area contributed by atoms with Crippen molar-refractivity contribution in [2.45, 2.75) is 110 Å². The third-order valence-electron chi connectivity index (χ3n) is 9.47. The third-order valence-corrected chi connectivity index (χ3v) is 9.47. The molecule has 0 bridgehead atoms. The Labute approximate surface area is 314 Å². The molecule has 2 aliphatic rings. The summed E-state index contributed by atoms with van der Waals surface area (Å²) in [5, 5.41) is 0. The first-order valence-corrected chi connectivity index (χ1v) is 19.0. The minimum absolute atomic E-state index is 0.00847. The Hall–Kier alpha value is -4.28. The molecular formula is C42H58FN3O7. The SMILES string of the molecule is CC(C)(C)OC(=O)C[C@H](CC(=O)[C@@H]1CCCN(C(=O)CCC2CCN(C(=O)OC(C)(C)C)CC2)C1)c1cncc(C=Cc2cccc(OCCF)c2)c1. The second-order valence-corrected chi connectivity index (χ2v) is 16.3. The van der Waals surface area contributed by atoms with Crippen LogP contribution in [-0.2, 0) is 23.9 Å². The van der Waals surface area contributed by atoms with E-state index >= 15 is 0 Å². The molecule has 2 atom stereocenters. The molecule has 10 nitrogen and oxygen atoms in total. The van der Waals surface area contributed by atoms with Crippen LogP contribution in [0.15, 0.2) is 42.7 Å². The molecule has 2 amide bonds. The highest BCUT2D eigenvalue weighted by Crippen LogP contribution is 2.31. The Bertz CT molecular complexity index is 1570. The molecule has 2 aromatic rings. The van der Waals surface area contributed by atoms with Crippen LogP contribution in [0.1, 0.15) is 116 Å². The molecule has 0 unspecified atom stereocenters. The van der Waals surface area contributed by atoms with Gasteiger partial charge in [0, 0.05) is 63.3 Å². The summed E-state index contributed by atoms with van der Waals surface area (Å²) in [7, 11) is 0. The maximum absolute atomic E-state index is 13.9. The number of aromatic nitrogens is 1. The van der Waals surface area contributed by atoms with E-state index in [1.54, 1.807) is 23.4 Å². The van der Waals surface area contributed by atoms with Crippen molar-refractivity contribution in [1.29, 1.82) is 0 Å². The molecule has 4 rings (SSSR count). The Balaban J connectivity index is 1.37. The fraction of sp³-hybridized carbons (Fsp3) is 0.595. The van der Waals surface area contributed by atoms with E-state index in [9.17, 15) is 23.6 Å². The van der Waals surface area contributed by atoms with Crippen molar-refractivity contribution in [3.8, 4) is 5.75 Å². The van der Waals surface area contributed by atoms with E-state index < -0.39 is 29.8 Å². The second kappa shape index (κ2) is 19.2. The van der Waals surface area contributed by atoms with Gasteiger partial charge in [0.2, 0.25) is 5.91 Å². The predicted molar refractivity (Wildman–Crippen MR) is 203 cm³/mol. The zero-order valence-electron chi connectivity index (χ0n) is 32.4. The van der Waals surface area contributed by atoms with Gasteiger partial charge in [0.15, 0.2) is 0 Å². The molecule has 290 valence electrons. The van der Waals surface area contributed by atoms with Gasteiger partial charge in [-0.05, 0) is 114 Å². The van der Waals surface area contributed by atoms with Crippen LogP contribution in [0.4, 0.5) is 9.18 Å². The van der Waals surface area contributed by atoms with Gasteiger partial charge in [-0.3, -0.25) is 19.4 Å². The van der Waals surface area contributed by atoms with Crippen LogP contribution in [0, 0.1) is 11.8 Å². The third kappa shape index (κ3) is 14.2. The topological polar surface area (TPSA) is 115 Å². The number of amides is 2. The van der Waals surface area contributed by atoms with E-state index in [1.165, 1.54) is 0 Å². The van der Waals surface area contributed by atoms with Gasteiger partial charge in [0.1, 0.15) is 36.0 Å². The number of likely N-dealkylation sites (tertiary alicyclic amines) is 2. The summed E-state index contributed by atoms with van der Waals surface area (Å²) in [6.45, 7) is 12.7. The van der Waals surface area contributed by atoms with Crippen LogP contribution in [0.25, 0.3) is 12.2 Å². The smallest absolute Gasteiger partial charge is 0.410 e. The second-order valence-electron chi connectivity index (χ2n) is 16.3. The standard InChI is InChI=1S/C42H58FN3O7/c1-41(2,3)52-39(49)26-34(35-23-32(27-44-28-35)13-12-31-9-7-11-36(24-31)51-22-18-43)25-37(47)33-10-8-19-46(29-33)38(48)15-14-30-16-20-45(21-17-30)40(50)53-42(4,5)6/h7,9,11-13,23-24,27-28,30,33-34H,8,10,14-22,25-26,29H2,1-6H3/t33-,34+/m1/s1. The lowest BCUT2D eigenvalue weighted by atomic mass is 9.84. The highest BCUT2D eigenvalue weighted by atomic mass is 19.1. The van der Waals surface area contributed by atoms with E-state index in [1.807, 2.05) is 82.9 Å². The van der Waals surface area contributed by atoms with Gasteiger partial charge in [-0.15, -0.1) is 0 Å². The number of Topliss-reactive ketones (excluding diaryl/α,β-unsaturated/α-hetero) is 1. The first-order valence-electron chi connectivity index (χ1n) is 19.0. The molecule has 3 heterocycles. The summed E-state index contributed by atoms with van der Waals surface area (Å²) in [5.74, 6) is -0.129. The van der Waals surface area contributed by atoms with E-state index in [2.05, 4.69) is 4.98 Å². The van der Waals surface area contributed by atoms with Gasteiger partial charge in [-0.2, -0.15) is 0 Å². The van der Waals surface area contributed by atoms with Crippen LogP contribution < -0.4 is 4.74 Å². The van der Waals surface area contributed by atoms with E-state index in [0.29, 0.717) is 50.7 Å². The lowest BCUT2D eigenvalue weighted by Gasteiger charge is -2.35. The number of hydrogen-bond acceptors (Lipinski definition) is 8. The number of hydrogen-bond donors (Lipinski definition) is 0. The van der Waals surface area contributed by atoms with E-state index in [0.717, 1.165) is 42.4 Å². The number of benzene rings is 1. The first kappa shape index (κ1) is 41.5. The molecule has 0 spiro atoms. The summed E-state index contributed by atoms with van der Waals surface area (Å²) in [5.41, 5.74) is 1.22. The molecule has 2 fully saturated rings. The number of ketones is 1. The number of rotatable bonds is 14. The molecule has 2 aliphatic heterocycles. The lowest BCUT2D eigenvalue weighted by Crippen LogP contribution is -2.43. The number of carbonyl (C=O) groups is 4. The molecule has 0 saturated carbocycles. The molecule has 53 heavy (non-hydrogen) atoms. The minimum Gasteiger partial charge on any atom is -0.491 e.